The van der Waals surface area contributed by atoms with Crippen LogP contribution in [0.5, 0.6) is 0 Å². The quantitative estimate of drug-likeness (QED) is 0.645. The molecule has 0 saturated heterocycles. The number of hydrogen-bond donors (Lipinski definition) is 0. The summed E-state index contributed by atoms with van der Waals surface area (Å²) in [6.07, 6.45) is 1.35. The Morgan fingerprint density at radius 2 is 1.74 bits per heavy atom. The van der Waals surface area contributed by atoms with E-state index in [2.05, 4.69) is 0 Å². The Labute approximate surface area is 110 Å². The van der Waals surface area contributed by atoms with Gasteiger partial charge >= 0.3 is 0 Å². The number of benzene rings is 2. The van der Waals surface area contributed by atoms with Gasteiger partial charge in [0.2, 0.25) is 0 Å². The van der Waals surface area contributed by atoms with Gasteiger partial charge in [-0.3, -0.25) is 4.79 Å². The molecule has 0 bridgehead atoms. The van der Waals surface area contributed by atoms with E-state index in [1.54, 1.807) is 0 Å². The van der Waals surface area contributed by atoms with E-state index in [9.17, 15) is 4.79 Å². The average molecular weight is 248 g/mol. The minimum Gasteiger partial charge on any atom is -0.456 e. The zero-order chi connectivity index (χ0) is 12.8. The molecule has 0 spiro atoms. The van der Waals surface area contributed by atoms with Crippen LogP contribution in [-0.4, -0.2) is 5.78 Å². The summed E-state index contributed by atoms with van der Waals surface area (Å²) in [6.45, 7) is 0. The van der Waals surface area contributed by atoms with Crippen molar-refractivity contribution in [3.63, 3.8) is 0 Å². The standard InChI is InChI=1S/C17H12O2/c18-14-10-9-13-16-12(14)7-4-8-15(16)19-17(13)11-5-2-1-3-6-11/h1-8H,9-10H2. The highest BCUT2D eigenvalue weighted by Crippen LogP contribution is 2.39. The molecule has 1 aromatic heterocycles. The number of hydrogen-bond acceptors (Lipinski definition) is 2. The maximum Gasteiger partial charge on any atom is 0.163 e. The monoisotopic (exact) mass is 248 g/mol. The summed E-state index contributed by atoms with van der Waals surface area (Å²) in [5.74, 6) is 1.13. The zero-order valence-electron chi connectivity index (χ0n) is 10.3. The molecule has 92 valence electrons. The molecular formula is C17H12O2. The van der Waals surface area contributed by atoms with Crippen molar-refractivity contribution in [1.29, 1.82) is 0 Å². The first-order valence-electron chi connectivity index (χ1n) is 6.47. The molecule has 0 atom stereocenters. The number of aryl methyl sites for hydroxylation is 1. The minimum atomic E-state index is 0.221. The van der Waals surface area contributed by atoms with Gasteiger partial charge in [-0.1, -0.05) is 42.5 Å². The van der Waals surface area contributed by atoms with Gasteiger partial charge in [0, 0.05) is 28.5 Å². The smallest absolute Gasteiger partial charge is 0.163 e. The van der Waals surface area contributed by atoms with Crippen molar-refractivity contribution in [3.8, 4) is 11.3 Å². The van der Waals surface area contributed by atoms with Crippen molar-refractivity contribution in [2.24, 2.45) is 0 Å². The van der Waals surface area contributed by atoms with Crippen LogP contribution in [0, 0.1) is 0 Å². The van der Waals surface area contributed by atoms with E-state index in [1.807, 2.05) is 48.5 Å². The molecule has 1 aliphatic rings. The van der Waals surface area contributed by atoms with Gasteiger partial charge in [-0.05, 0) is 12.5 Å². The van der Waals surface area contributed by atoms with E-state index in [4.69, 9.17) is 4.42 Å². The van der Waals surface area contributed by atoms with Gasteiger partial charge in [0.15, 0.2) is 5.78 Å². The Balaban J connectivity index is 2.08. The van der Waals surface area contributed by atoms with Crippen LogP contribution >= 0.6 is 0 Å². The largest absolute Gasteiger partial charge is 0.456 e. The molecule has 0 radical (unpaired) electrons. The highest BCUT2D eigenvalue weighted by atomic mass is 16.3. The number of carbonyl (C=O) groups is 1. The van der Waals surface area contributed by atoms with Crippen LogP contribution in [0.4, 0.5) is 0 Å². The van der Waals surface area contributed by atoms with E-state index in [-0.39, 0.29) is 5.78 Å². The predicted octanol–water partition coefficient (Wildman–Crippen LogP) is 4.23. The number of carbonyl (C=O) groups excluding carboxylic acids is 1. The van der Waals surface area contributed by atoms with Gasteiger partial charge in [-0.25, -0.2) is 0 Å². The Kier molecular flexibility index (Phi) is 2.12. The first-order valence-corrected chi connectivity index (χ1v) is 6.47. The van der Waals surface area contributed by atoms with E-state index in [0.717, 1.165) is 34.3 Å². The fourth-order valence-corrected chi connectivity index (χ4v) is 2.88. The maximum atomic E-state index is 12.0. The first-order chi connectivity index (χ1) is 9.34. The van der Waals surface area contributed by atoms with Gasteiger partial charge in [-0.15, -0.1) is 0 Å². The lowest BCUT2D eigenvalue weighted by Crippen LogP contribution is -2.07. The van der Waals surface area contributed by atoms with Gasteiger partial charge in [-0.2, -0.15) is 0 Å². The van der Waals surface area contributed by atoms with Gasteiger partial charge in [0.1, 0.15) is 11.3 Å². The average Bonchev–Trinajstić information content (AvgIpc) is 2.84. The molecule has 2 heteroatoms. The van der Waals surface area contributed by atoms with Crippen LogP contribution in [0.3, 0.4) is 0 Å². The molecule has 0 aliphatic heterocycles. The number of Topliss-reactive ketones (excluding diaryl/α,β-unsaturated/α-hetero) is 1. The van der Waals surface area contributed by atoms with E-state index < -0.39 is 0 Å². The Hall–Kier alpha value is -2.35. The second kappa shape index (κ2) is 3.82. The van der Waals surface area contributed by atoms with Gasteiger partial charge in [0.05, 0.1) is 0 Å². The molecule has 19 heavy (non-hydrogen) atoms. The van der Waals surface area contributed by atoms with Crippen LogP contribution in [0.15, 0.2) is 52.9 Å². The van der Waals surface area contributed by atoms with Gasteiger partial charge in [0.25, 0.3) is 0 Å². The summed E-state index contributed by atoms with van der Waals surface area (Å²) in [5.41, 5.74) is 3.88. The van der Waals surface area contributed by atoms with Crippen molar-refractivity contribution in [3.05, 3.63) is 59.7 Å². The molecule has 1 aliphatic carbocycles. The third-order valence-electron chi connectivity index (χ3n) is 3.75. The van der Waals surface area contributed by atoms with Gasteiger partial charge < -0.3 is 4.42 Å². The fourth-order valence-electron chi connectivity index (χ4n) is 2.88. The molecule has 0 unspecified atom stereocenters. The lowest BCUT2D eigenvalue weighted by molar-refractivity contribution is 0.0982. The van der Waals surface area contributed by atoms with Crippen LogP contribution in [0.25, 0.3) is 22.3 Å². The summed E-state index contributed by atoms with van der Waals surface area (Å²) in [4.78, 5) is 12.0. The molecule has 2 aromatic carbocycles. The molecule has 4 rings (SSSR count). The van der Waals surface area contributed by atoms with Crippen molar-refractivity contribution in [1.82, 2.24) is 0 Å². The SMILES string of the molecule is O=C1CCc2c(-c3ccccc3)oc3cccc1c23. The highest BCUT2D eigenvalue weighted by Gasteiger charge is 2.25. The number of furan rings is 1. The second-order valence-electron chi connectivity index (χ2n) is 4.88. The summed E-state index contributed by atoms with van der Waals surface area (Å²) >= 11 is 0. The lowest BCUT2D eigenvalue weighted by Gasteiger charge is -2.10. The third-order valence-corrected chi connectivity index (χ3v) is 3.75. The Bertz CT molecular complexity index is 782. The topological polar surface area (TPSA) is 30.2 Å². The Morgan fingerprint density at radius 3 is 2.58 bits per heavy atom. The van der Waals surface area contributed by atoms with Crippen LogP contribution in [0.2, 0.25) is 0 Å². The zero-order valence-corrected chi connectivity index (χ0v) is 10.3. The predicted molar refractivity (Wildman–Crippen MR) is 74.3 cm³/mol. The Morgan fingerprint density at radius 1 is 0.895 bits per heavy atom. The van der Waals surface area contributed by atoms with Crippen LogP contribution in [0.1, 0.15) is 22.3 Å². The molecule has 0 saturated carbocycles. The number of rotatable bonds is 1. The van der Waals surface area contributed by atoms with Crippen molar-refractivity contribution < 1.29 is 9.21 Å². The maximum absolute atomic E-state index is 12.0. The molecular weight excluding hydrogens is 236 g/mol. The van der Waals surface area contributed by atoms with Crippen molar-refractivity contribution in [2.75, 3.05) is 0 Å². The summed E-state index contributed by atoms with van der Waals surface area (Å²) in [6, 6.07) is 15.8. The van der Waals surface area contributed by atoms with E-state index >= 15 is 0 Å². The fraction of sp³-hybridized carbons (Fsp3) is 0.118. The molecule has 3 aromatic rings. The van der Waals surface area contributed by atoms with Crippen molar-refractivity contribution in [2.45, 2.75) is 12.8 Å². The normalized spacial score (nSPS) is 14.0. The minimum absolute atomic E-state index is 0.221. The molecule has 0 amide bonds. The van der Waals surface area contributed by atoms with E-state index in [0.29, 0.717) is 6.42 Å². The molecule has 1 heterocycles. The third kappa shape index (κ3) is 1.46. The molecule has 2 nitrogen and oxygen atoms in total. The van der Waals surface area contributed by atoms with Crippen LogP contribution < -0.4 is 0 Å². The van der Waals surface area contributed by atoms with Crippen LogP contribution in [-0.2, 0) is 6.42 Å². The summed E-state index contributed by atoms with van der Waals surface area (Å²) < 4.78 is 5.99. The summed E-state index contributed by atoms with van der Waals surface area (Å²) in [5, 5.41) is 1.01. The second-order valence-corrected chi connectivity index (χ2v) is 4.88. The lowest BCUT2D eigenvalue weighted by atomic mass is 9.89. The highest BCUT2D eigenvalue weighted by molar-refractivity contribution is 6.11. The van der Waals surface area contributed by atoms with E-state index in [1.165, 1.54) is 5.56 Å². The van der Waals surface area contributed by atoms with Crippen molar-refractivity contribution >= 4 is 16.8 Å². The molecule has 0 fully saturated rings. The number of ketones is 1. The first kappa shape index (κ1) is 10.6. The molecule has 0 N–H and O–H groups in total. The summed E-state index contributed by atoms with van der Waals surface area (Å²) in [7, 11) is 0.